The second kappa shape index (κ2) is 15.0. The van der Waals surface area contributed by atoms with Crippen molar-refractivity contribution >= 4 is 74.2 Å². The van der Waals surface area contributed by atoms with Crippen LogP contribution in [0, 0.1) is 13.0 Å². The summed E-state index contributed by atoms with van der Waals surface area (Å²) in [6.07, 6.45) is 1.19. The van der Waals surface area contributed by atoms with Gasteiger partial charge in [-0.05, 0) is 18.4 Å². The van der Waals surface area contributed by atoms with Gasteiger partial charge in [-0.1, -0.05) is 134 Å². The zero-order valence-electron chi connectivity index (χ0n) is 27.6. The molecule has 0 fully saturated rings. The molecule has 0 saturated carbocycles. The monoisotopic (exact) mass is 744 g/mol. The van der Waals surface area contributed by atoms with Crippen molar-refractivity contribution in [1.29, 1.82) is 0 Å². The van der Waals surface area contributed by atoms with Crippen molar-refractivity contribution in [3.63, 3.8) is 0 Å². The summed E-state index contributed by atoms with van der Waals surface area (Å²) in [5.41, 5.74) is 8.52. The molecule has 44 heavy (non-hydrogen) atoms. The third kappa shape index (κ3) is 8.30. The molecule has 226 valence electrons. The van der Waals surface area contributed by atoms with Gasteiger partial charge in [-0.15, -0.1) is 40.1 Å². The second-order valence-electron chi connectivity index (χ2n) is 13.9. The normalized spacial score (nSPS) is 12.7. The molecule has 5 aromatic rings. The third-order valence-corrected chi connectivity index (χ3v) is 14.0. The minimum Gasteiger partial charge on any atom is -0.184 e. The average Bonchev–Trinajstić information content (AvgIpc) is 3.58. The molecule has 0 amide bonds. The van der Waals surface area contributed by atoms with Gasteiger partial charge >= 0.3 is 37.9 Å². The Balaban J connectivity index is 0.000000226. The van der Waals surface area contributed by atoms with Gasteiger partial charge in [0, 0.05) is 0 Å². The molecule has 1 atom stereocenters. The number of hydrogen-bond acceptors (Lipinski definition) is 0. The maximum Gasteiger partial charge on any atom is 0.0920 e. The molecule has 0 N–H and O–H groups in total. The van der Waals surface area contributed by atoms with Crippen molar-refractivity contribution in [3.8, 4) is 22.3 Å². The van der Waals surface area contributed by atoms with Crippen LogP contribution < -0.4 is 20.7 Å². The van der Waals surface area contributed by atoms with E-state index in [1.807, 2.05) is 6.07 Å². The fourth-order valence-electron chi connectivity index (χ4n) is 5.68. The van der Waals surface area contributed by atoms with E-state index in [-0.39, 0.29) is 0 Å². The van der Waals surface area contributed by atoms with E-state index in [2.05, 4.69) is 145 Å². The summed E-state index contributed by atoms with van der Waals surface area (Å²) in [4.78, 5) is 0. The van der Waals surface area contributed by atoms with E-state index >= 15 is 0 Å². The van der Waals surface area contributed by atoms with Crippen LogP contribution in [0.2, 0.25) is 39.3 Å². The molecular weight excluding hydrogens is 703 g/mol. The second-order valence-corrected chi connectivity index (χ2v) is 29.0. The Labute approximate surface area is 289 Å². The number of hydrogen-bond donors (Lipinski definition) is 0. The van der Waals surface area contributed by atoms with Crippen LogP contribution in [-0.2, 0) is 20.8 Å². The summed E-state index contributed by atoms with van der Waals surface area (Å²) in [7, 11) is 7.89. The Hall–Kier alpha value is -1.40. The predicted octanol–water partition coefficient (Wildman–Crippen LogP) is 9.64. The van der Waals surface area contributed by atoms with Crippen LogP contribution in [-0.4, -0.2) is 25.7 Å². The Morgan fingerprint density at radius 2 is 1.45 bits per heavy atom. The maximum atomic E-state index is 4.93. The largest absolute Gasteiger partial charge is 0.184 e. The smallest absolute Gasteiger partial charge is 0.0920 e. The minimum atomic E-state index is -1.39. The number of halogens is 2. The zero-order chi connectivity index (χ0) is 32.2. The minimum absolute atomic E-state index is 0.617. The standard InChI is InChI=1S/C26H37Si2.C12H7Si.2ClH.Zr/c1-10-18(2)21-13-20-12-11-19(3)26(25(20)16-21)22-14-23(27(4,5)6)17-24(15-22)28(7,8)9;1-3-7-11-9(5-1)10-6-2-4-8-12(10)13-11;;;/h11-18H,10H2,1-9H3;1-7H;2*1H;/q2*-1;;;+4/p-2. The van der Waals surface area contributed by atoms with Crippen LogP contribution in [0.5, 0.6) is 0 Å². The summed E-state index contributed by atoms with van der Waals surface area (Å²) in [6.45, 7) is 21.7. The van der Waals surface area contributed by atoms with Gasteiger partial charge in [0.2, 0.25) is 0 Å². The van der Waals surface area contributed by atoms with Gasteiger partial charge in [0.25, 0.3) is 0 Å². The third-order valence-electron chi connectivity index (χ3n) is 8.59. The van der Waals surface area contributed by atoms with Crippen molar-refractivity contribution in [1.82, 2.24) is 0 Å². The zero-order valence-corrected chi connectivity index (χ0v) is 34.6. The van der Waals surface area contributed by atoms with Crippen LogP contribution >= 0.6 is 17.0 Å². The van der Waals surface area contributed by atoms with E-state index in [0.29, 0.717) is 5.92 Å². The van der Waals surface area contributed by atoms with E-state index in [1.165, 1.54) is 60.9 Å². The summed E-state index contributed by atoms with van der Waals surface area (Å²) < 4.78 is 0. The van der Waals surface area contributed by atoms with Crippen LogP contribution in [0.3, 0.4) is 0 Å². The summed E-state index contributed by atoms with van der Waals surface area (Å²) in [5.74, 6) is 0.617. The first-order valence-corrected chi connectivity index (χ1v) is 29.8. The summed E-state index contributed by atoms with van der Waals surface area (Å²) in [6, 6.07) is 35.2. The van der Waals surface area contributed by atoms with E-state index in [1.54, 1.807) is 10.4 Å². The van der Waals surface area contributed by atoms with Gasteiger partial charge in [-0.2, -0.15) is 35.5 Å². The van der Waals surface area contributed by atoms with Crippen LogP contribution in [0.4, 0.5) is 0 Å². The quantitative estimate of drug-likeness (QED) is 0.122. The Kier molecular flexibility index (Phi) is 12.1. The molecule has 6 heteroatoms. The number of fused-ring (bicyclic) bond motifs is 4. The molecule has 1 aliphatic heterocycles. The summed E-state index contributed by atoms with van der Waals surface area (Å²) in [5, 5.41) is 8.83. The molecule has 0 saturated heterocycles. The number of aryl methyl sites for hydroxylation is 1. The maximum absolute atomic E-state index is 4.93. The Morgan fingerprint density at radius 3 is 2.07 bits per heavy atom. The van der Waals surface area contributed by atoms with Crippen molar-refractivity contribution in [2.45, 2.75) is 72.4 Å². The first-order valence-electron chi connectivity index (χ1n) is 15.5. The molecule has 2 radical (unpaired) electrons. The molecule has 0 bridgehead atoms. The molecule has 0 spiro atoms. The Morgan fingerprint density at radius 1 is 0.841 bits per heavy atom. The van der Waals surface area contributed by atoms with Crippen LogP contribution in [0.25, 0.3) is 33.0 Å². The number of rotatable bonds is 5. The van der Waals surface area contributed by atoms with E-state index in [9.17, 15) is 0 Å². The number of benzene rings is 4. The molecule has 6 rings (SSSR count). The van der Waals surface area contributed by atoms with Crippen molar-refractivity contribution in [3.05, 3.63) is 102 Å². The van der Waals surface area contributed by atoms with Gasteiger partial charge in [-0.25, -0.2) is 0 Å². The Bertz CT molecular complexity index is 1650. The predicted molar refractivity (Wildman–Crippen MR) is 202 cm³/mol. The first-order chi connectivity index (χ1) is 20.8. The molecule has 0 nitrogen and oxygen atoms in total. The van der Waals surface area contributed by atoms with Crippen molar-refractivity contribution in [2.75, 3.05) is 0 Å². The summed E-state index contributed by atoms with van der Waals surface area (Å²) >= 11 is -0.826. The molecule has 0 aromatic heterocycles. The van der Waals surface area contributed by atoms with Gasteiger partial charge in [0.1, 0.15) is 0 Å². The SMILES string of the molecule is CCC(C)c1cc2c(-c3cc([Si](C)(C)C)cc([Si](C)(C)C)c3)c(C)ccc2[cH-]1.[Cl][Zr+2][Cl].[c-]1cccc2c1[Si]c1ccccc1-2. The fraction of sp³-hybridized carbons (Fsp3) is 0.289. The van der Waals surface area contributed by atoms with Gasteiger partial charge in [0.15, 0.2) is 0 Å². The molecule has 5 aromatic carbocycles. The van der Waals surface area contributed by atoms with Gasteiger partial charge in [-0.3, -0.25) is 0 Å². The van der Waals surface area contributed by atoms with Crippen LogP contribution in [0.1, 0.15) is 37.3 Å². The molecule has 0 aliphatic carbocycles. The fourth-order valence-corrected chi connectivity index (χ4v) is 9.49. The van der Waals surface area contributed by atoms with Crippen LogP contribution in [0.15, 0.2) is 84.9 Å². The van der Waals surface area contributed by atoms with Gasteiger partial charge < -0.3 is 0 Å². The molecule has 1 unspecified atom stereocenters. The topological polar surface area (TPSA) is 0 Å². The molecule has 1 heterocycles. The van der Waals surface area contributed by atoms with Gasteiger partial charge in [0.05, 0.1) is 25.7 Å². The average molecular weight is 747 g/mol. The first kappa shape index (κ1) is 35.5. The molecule has 1 aliphatic rings. The van der Waals surface area contributed by atoms with Crippen molar-refractivity contribution in [2.24, 2.45) is 0 Å². The van der Waals surface area contributed by atoms with Crippen molar-refractivity contribution < 1.29 is 20.8 Å². The van der Waals surface area contributed by atoms with E-state index in [4.69, 9.17) is 17.0 Å². The molecular formula is C38H44Cl2Si3Zr. The van der Waals surface area contributed by atoms with E-state index < -0.39 is 37.0 Å². The van der Waals surface area contributed by atoms with E-state index in [0.717, 1.165) is 9.52 Å².